The Morgan fingerprint density at radius 1 is 1.10 bits per heavy atom. The third-order valence-corrected chi connectivity index (χ3v) is 6.14. The molecular formula is C23H27NO4S. The molecule has 1 aromatic heterocycles. The zero-order valence-corrected chi connectivity index (χ0v) is 17.8. The van der Waals surface area contributed by atoms with Gasteiger partial charge in [0.15, 0.2) is 0 Å². The van der Waals surface area contributed by atoms with E-state index in [2.05, 4.69) is 5.32 Å². The molecule has 3 rings (SSSR count). The first-order chi connectivity index (χ1) is 14.1. The number of aryl methyl sites for hydroxylation is 1. The molecule has 1 aliphatic rings. The van der Waals surface area contributed by atoms with Crippen LogP contribution in [0, 0.1) is 0 Å². The molecule has 5 nitrogen and oxygen atoms in total. The molecule has 0 radical (unpaired) electrons. The van der Waals surface area contributed by atoms with Gasteiger partial charge in [-0.05, 0) is 61.9 Å². The van der Waals surface area contributed by atoms with E-state index < -0.39 is 0 Å². The minimum Gasteiger partial charge on any atom is -0.497 e. The molecule has 0 aliphatic heterocycles. The predicted molar refractivity (Wildman–Crippen MR) is 117 cm³/mol. The lowest BCUT2D eigenvalue weighted by atomic mass is 9.96. The molecule has 0 spiro atoms. The fourth-order valence-electron chi connectivity index (χ4n) is 3.47. The number of nitrogens with one attached hydrogen (secondary N) is 1. The number of benzene rings is 1. The number of rotatable bonds is 6. The maximum absolute atomic E-state index is 12.6. The molecule has 0 unspecified atom stereocenters. The average molecular weight is 414 g/mol. The molecule has 2 aromatic rings. The molecule has 29 heavy (non-hydrogen) atoms. The summed E-state index contributed by atoms with van der Waals surface area (Å²) in [5.41, 5.74) is 2.49. The van der Waals surface area contributed by atoms with Gasteiger partial charge in [-0.1, -0.05) is 25.0 Å². The van der Waals surface area contributed by atoms with Crippen molar-refractivity contribution in [2.45, 2.75) is 45.4 Å². The summed E-state index contributed by atoms with van der Waals surface area (Å²) in [4.78, 5) is 26.3. The van der Waals surface area contributed by atoms with E-state index in [4.69, 9.17) is 9.47 Å². The minimum atomic E-state index is -0.347. The van der Waals surface area contributed by atoms with Crippen molar-refractivity contribution in [2.24, 2.45) is 0 Å². The highest BCUT2D eigenvalue weighted by Crippen LogP contribution is 2.37. The van der Waals surface area contributed by atoms with Crippen molar-refractivity contribution in [1.82, 2.24) is 0 Å². The second kappa shape index (κ2) is 10.3. The Kier molecular flexibility index (Phi) is 7.47. The van der Waals surface area contributed by atoms with Gasteiger partial charge < -0.3 is 14.8 Å². The molecule has 1 aliphatic carbocycles. The molecule has 0 saturated carbocycles. The maximum atomic E-state index is 12.6. The number of carbonyl (C=O) groups is 2. The van der Waals surface area contributed by atoms with Crippen molar-refractivity contribution in [1.29, 1.82) is 0 Å². The summed E-state index contributed by atoms with van der Waals surface area (Å²) in [5.74, 6) is 0.155. The molecule has 6 heteroatoms. The number of hydrogen-bond donors (Lipinski definition) is 1. The first-order valence-electron chi connectivity index (χ1n) is 10.1. The molecule has 1 heterocycles. The van der Waals surface area contributed by atoms with Gasteiger partial charge in [0.25, 0.3) is 0 Å². The lowest BCUT2D eigenvalue weighted by molar-refractivity contribution is -0.111. The predicted octanol–water partition coefficient (Wildman–Crippen LogP) is 5.24. The van der Waals surface area contributed by atoms with Gasteiger partial charge in [-0.15, -0.1) is 11.3 Å². The first-order valence-corrected chi connectivity index (χ1v) is 10.9. The lowest BCUT2D eigenvalue weighted by Crippen LogP contribution is -2.13. The Morgan fingerprint density at radius 2 is 1.83 bits per heavy atom. The molecule has 1 aromatic carbocycles. The fraction of sp³-hybridized carbons (Fsp3) is 0.391. The average Bonchev–Trinajstić information content (AvgIpc) is 3.03. The fourth-order valence-corrected chi connectivity index (χ4v) is 4.75. The summed E-state index contributed by atoms with van der Waals surface area (Å²) < 4.78 is 10.4. The minimum absolute atomic E-state index is 0.263. The Hall–Kier alpha value is -2.60. The zero-order valence-electron chi connectivity index (χ0n) is 17.0. The molecular weight excluding hydrogens is 386 g/mol. The number of methoxy groups -OCH3 is 1. The first kappa shape index (κ1) is 21.1. The number of carbonyl (C=O) groups excluding carboxylic acids is 2. The maximum Gasteiger partial charge on any atom is 0.341 e. The van der Waals surface area contributed by atoms with E-state index in [1.54, 1.807) is 20.1 Å². The van der Waals surface area contributed by atoms with Gasteiger partial charge in [0, 0.05) is 11.0 Å². The van der Waals surface area contributed by atoms with Gasteiger partial charge in [-0.2, -0.15) is 0 Å². The second-order valence-electron chi connectivity index (χ2n) is 6.94. The number of ether oxygens (including phenoxy) is 2. The van der Waals surface area contributed by atoms with E-state index in [-0.39, 0.29) is 11.9 Å². The monoisotopic (exact) mass is 413 g/mol. The van der Waals surface area contributed by atoms with Gasteiger partial charge in [-0.25, -0.2) is 4.79 Å². The van der Waals surface area contributed by atoms with E-state index in [1.807, 2.05) is 24.3 Å². The highest BCUT2D eigenvalue weighted by atomic mass is 32.1. The van der Waals surface area contributed by atoms with Gasteiger partial charge in [0.2, 0.25) is 5.91 Å². The summed E-state index contributed by atoms with van der Waals surface area (Å²) >= 11 is 1.51. The van der Waals surface area contributed by atoms with E-state index >= 15 is 0 Å². The highest BCUT2D eigenvalue weighted by Gasteiger charge is 2.25. The summed E-state index contributed by atoms with van der Waals surface area (Å²) in [5, 5.41) is 3.50. The number of amides is 1. The number of thiophene rings is 1. The summed E-state index contributed by atoms with van der Waals surface area (Å²) in [6.45, 7) is 2.11. The Labute approximate surface area is 175 Å². The van der Waals surface area contributed by atoms with Crippen molar-refractivity contribution < 1.29 is 19.1 Å². The van der Waals surface area contributed by atoms with Crippen molar-refractivity contribution in [3.63, 3.8) is 0 Å². The van der Waals surface area contributed by atoms with Gasteiger partial charge in [-0.3, -0.25) is 4.79 Å². The molecule has 0 saturated heterocycles. The number of anilines is 1. The standard InChI is InChI=1S/C23H27NO4S/c1-3-28-23(26)21-18-8-6-4-5-7-9-19(18)29-22(21)24-20(25)15-12-16-10-13-17(27-2)14-11-16/h10-15H,3-9H2,1-2H3,(H,24,25)/b15-12+. The lowest BCUT2D eigenvalue weighted by Gasteiger charge is -2.11. The third kappa shape index (κ3) is 5.48. The molecule has 1 N–H and O–H groups in total. The number of fused-ring (bicyclic) bond motifs is 1. The Bertz CT molecular complexity index is 883. The summed E-state index contributed by atoms with van der Waals surface area (Å²) in [7, 11) is 1.62. The quantitative estimate of drug-likeness (QED) is 0.519. The van der Waals surface area contributed by atoms with Gasteiger partial charge in [0.1, 0.15) is 10.8 Å². The van der Waals surface area contributed by atoms with E-state index in [0.717, 1.165) is 42.6 Å². The highest BCUT2D eigenvalue weighted by molar-refractivity contribution is 7.17. The molecule has 0 fully saturated rings. The Balaban J connectivity index is 1.80. The smallest absolute Gasteiger partial charge is 0.341 e. The van der Waals surface area contributed by atoms with E-state index in [1.165, 1.54) is 35.1 Å². The normalized spacial score (nSPS) is 14.0. The molecule has 154 valence electrons. The van der Waals surface area contributed by atoms with Crippen LogP contribution in [0.5, 0.6) is 5.75 Å². The van der Waals surface area contributed by atoms with E-state index in [0.29, 0.717) is 17.2 Å². The van der Waals surface area contributed by atoms with Crippen molar-refractivity contribution in [3.8, 4) is 5.75 Å². The second-order valence-corrected chi connectivity index (χ2v) is 8.04. The third-order valence-electron chi connectivity index (χ3n) is 4.93. The number of hydrogen-bond acceptors (Lipinski definition) is 5. The van der Waals surface area contributed by atoms with Crippen LogP contribution in [0.1, 0.15) is 59.0 Å². The topological polar surface area (TPSA) is 64.6 Å². The van der Waals surface area contributed by atoms with Crippen LogP contribution < -0.4 is 10.1 Å². The zero-order chi connectivity index (χ0) is 20.6. The molecule has 1 amide bonds. The number of esters is 1. The molecule has 0 bridgehead atoms. The van der Waals surface area contributed by atoms with Crippen LogP contribution in [0.3, 0.4) is 0 Å². The van der Waals surface area contributed by atoms with Crippen LogP contribution >= 0.6 is 11.3 Å². The van der Waals surface area contributed by atoms with Crippen molar-refractivity contribution in [2.75, 3.05) is 19.0 Å². The van der Waals surface area contributed by atoms with Gasteiger partial charge >= 0.3 is 5.97 Å². The van der Waals surface area contributed by atoms with Crippen molar-refractivity contribution >= 4 is 34.3 Å². The van der Waals surface area contributed by atoms with Crippen LogP contribution in [0.2, 0.25) is 0 Å². The van der Waals surface area contributed by atoms with Gasteiger partial charge in [0.05, 0.1) is 19.3 Å². The Morgan fingerprint density at radius 3 is 2.52 bits per heavy atom. The summed E-state index contributed by atoms with van der Waals surface area (Å²) in [6, 6.07) is 7.44. The van der Waals surface area contributed by atoms with Crippen LogP contribution in [0.15, 0.2) is 30.3 Å². The van der Waals surface area contributed by atoms with E-state index in [9.17, 15) is 9.59 Å². The SMILES string of the molecule is CCOC(=O)c1c(NC(=O)/C=C/c2ccc(OC)cc2)sc2c1CCCCCC2. The van der Waals surface area contributed by atoms with Crippen LogP contribution in [0.4, 0.5) is 5.00 Å². The molecule has 0 atom stereocenters. The van der Waals surface area contributed by atoms with Crippen LogP contribution in [0.25, 0.3) is 6.08 Å². The largest absolute Gasteiger partial charge is 0.497 e. The summed E-state index contributed by atoms with van der Waals surface area (Å²) in [6.07, 6.45) is 9.57. The van der Waals surface area contributed by atoms with Crippen LogP contribution in [-0.4, -0.2) is 25.6 Å². The van der Waals surface area contributed by atoms with Crippen LogP contribution in [-0.2, 0) is 22.4 Å². The van der Waals surface area contributed by atoms with Crippen molar-refractivity contribution in [3.05, 3.63) is 51.9 Å².